The fourth-order valence-corrected chi connectivity index (χ4v) is 3.85. The van der Waals surface area contributed by atoms with Gasteiger partial charge in [-0.2, -0.15) is 0 Å². The average Bonchev–Trinajstić information content (AvgIpc) is 3.07. The van der Waals surface area contributed by atoms with Crippen molar-refractivity contribution in [2.24, 2.45) is 11.7 Å². The first-order chi connectivity index (χ1) is 13.5. The molecule has 0 spiro atoms. The van der Waals surface area contributed by atoms with Gasteiger partial charge in [0.15, 0.2) is 0 Å². The summed E-state index contributed by atoms with van der Waals surface area (Å²) in [6.45, 7) is 2.45. The zero-order valence-corrected chi connectivity index (χ0v) is 16.0. The molecule has 3 rings (SSSR count). The van der Waals surface area contributed by atoms with Crippen molar-refractivity contribution in [3.05, 3.63) is 51.5 Å². The lowest BCUT2D eigenvalue weighted by molar-refractivity contribution is 0.0949. The largest absolute Gasteiger partial charge is 0.351 e. The maximum atomic E-state index is 13.3. The fraction of sp³-hybridized carbons (Fsp3) is 0.300. The summed E-state index contributed by atoms with van der Waals surface area (Å²) in [4.78, 5) is 24.8. The molecular weight excluding hydrogens is 379 g/mol. The van der Waals surface area contributed by atoms with E-state index in [0.717, 1.165) is 37.3 Å². The highest BCUT2D eigenvalue weighted by Crippen LogP contribution is 2.27. The summed E-state index contributed by atoms with van der Waals surface area (Å²) in [6.07, 6.45) is 2.16. The van der Waals surface area contributed by atoms with Crippen molar-refractivity contribution in [1.29, 1.82) is 0 Å². The van der Waals surface area contributed by atoms with Crippen LogP contribution in [0, 0.1) is 23.6 Å². The Morgan fingerprint density at radius 3 is 2.89 bits per heavy atom. The number of piperidine rings is 1. The van der Waals surface area contributed by atoms with Gasteiger partial charge in [0.25, 0.3) is 5.91 Å². The van der Waals surface area contributed by atoms with E-state index < -0.39 is 6.03 Å². The van der Waals surface area contributed by atoms with Crippen LogP contribution in [0.15, 0.2) is 30.3 Å². The number of anilines is 1. The standard InChI is InChI=1S/C20H21FN4O2S/c21-15-5-1-3-13(9-15)6-7-16-10-17(25-20(22)27)18(28-16)19(26)24-12-14-4-2-8-23-11-14/h1,3,5,9-10,14,23H,2,4,8,11-12H2,(H,24,26)(H3,22,25,27)/t14-/m0/s1. The van der Waals surface area contributed by atoms with Crippen LogP contribution in [-0.4, -0.2) is 31.6 Å². The Balaban J connectivity index is 1.75. The fourth-order valence-electron chi connectivity index (χ4n) is 2.96. The summed E-state index contributed by atoms with van der Waals surface area (Å²) >= 11 is 1.15. The van der Waals surface area contributed by atoms with E-state index in [0.29, 0.717) is 33.5 Å². The van der Waals surface area contributed by atoms with E-state index in [1.54, 1.807) is 18.2 Å². The number of amides is 3. The number of thiophene rings is 1. The minimum Gasteiger partial charge on any atom is -0.351 e. The number of carbonyl (C=O) groups is 2. The molecule has 0 saturated carbocycles. The van der Waals surface area contributed by atoms with E-state index in [-0.39, 0.29) is 11.7 Å². The second-order valence-corrected chi connectivity index (χ2v) is 7.58. The SMILES string of the molecule is NC(=O)Nc1cc(C#Cc2cccc(F)c2)sc1C(=O)NC[C@H]1CCCNC1. The highest BCUT2D eigenvalue weighted by molar-refractivity contribution is 7.15. The molecule has 1 fully saturated rings. The Bertz CT molecular complexity index is 926. The quantitative estimate of drug-likeness (QED) is 0.594. The topological polar surface area (TPSA) is 96.2 Å². The first kappa shape index (κ1) is 19.9. The lowest BCUT2D eigenvalue weighted by atomic mass is 10.00. The molecule has 0 radical (unpaired) electrons. The number of primary amides is 1. The summed E-state index contributed by atoms with van der Waals surface area (Å²) in [5, 5.41) is 8.70. The highest BCUT2D eigenvalue weighted by Gasteiger charge is 2.19. The maximum absolute atomic E-state index is 13.3. The monoisotopic (exact) mass is 400 g/mol. The second-order valence-electron chi connectivity index (χ2n) is 6.53. The van der Waals surface area contributed by atoms with E-state index in [1.165, 1.54) is 12.1 Å². The number of halogens is 1. The van der Waals surface area contributed by atoms with Crippen molar-refractivity contribution in [2.45, 2.75) is 12.8 Å². The summed E-state index contributed by atoms with van der Waals surface area (Å²) in [5.74, 6) is 5.49. The van der Waals surface area contributed by atoms with Crippen LogP contribution in [0.5, 0.6) is 0 Å². The summed E-state index contributed by atoms with van der Waals surface area (Å²) in [6, 6.07) is 6.78. The van der Waals surface area contributed by atoms with Crippen LogP contribution in [0.2, 0.25) is 0 Å². The molecule has 3 amide bonds. The number of nitrogens with one attached hydrogen (secondary N) is 3. The van der Waals surface area contributed by atoms with Crippen molar-refractivity contribution in [2.75, 3.05) is 25.0 Å². The zero-order chi connectivity index (χ0) is 19.9. The third kappa shape index (κ3) is 5.55. The van der Waals surface area contributed by atoms with Gasteiger partial charge in [0, 0.05) is 12.1 Å². The first-order valence-corrected chi connectivity index (χ1v) is 9.79. The van der Waals surface area contributed by atoms with E-state index in [2.05, 4.69) is 27.8 Å². The van der Waals surface area contributed by atoms with Gasteiger partial charge < -0.3 is 21.7 Å². The molecule has 5 N–H and O–H groups in total. The van der Waals surface area contributed by atoms with E-state index in [9.17, 15) is 14.0 Å². The molecule has 2 aromatic rings. The summed E-state index contributed by atoms with van der Waals surface area (Å²) in [7, 11) is 0. The Labute approximate surface area is 166 Å². The number of carbonyl (C=O) groups excluding carboxylic acids is 2. The second kappa shape index (κ2) is 9.35. The van der Waals surface area contributed by atoms with Crippen LogP contribution in [0.25, 0.3) is 0 Å². The molecule has 1 aromatic carbocycles. The molecule has 1 aliphatic heterocycles. The third-order valence-corrected chi connectivity index (χ3v) is 5.35. The molecule has 0 bridgehead atoms. The smallest absolute Gasteiger partial charge is 0.316 e. The lowest BCUT2D eigenvalue weighted by Crippen LogP contribution is -2.38. The van der Waals surface area contributed by atoms with Crippen LogP contribution in [0.4, 0.5) is 14.9 Å². The van der Waals surface area contributed by atoms with Crippen LogP contribution >= 0.6 is 11.3 Å². The predicted octanol–water partition coefficient (Wildman–Crippen LogP) is 2.51. The molecule has 1 atom stereocenters. The van der Waals surface area contributed by atoms with Gasteiger partial charge in [0.2, 0.25) is 0 Å². The molecule has 2 heterocycles. The molecule has 1 aromatic heterocycles. The average molecular weight is 400 g/mol. The number of rotatable bonds is 4. The number of nitrogens with two attached hydrogens (primary N) is 1. The molecular formula is C20H21FN4O2S. The Morgan fingerprint density at radius 1 is 1.32 bits per heavy atom. The van der Waals surface area contributed by atoms with Gasteiger partial charge in [-0.25, -0.2) is 9.18 Å². The minimum atomic E-state index is -0.757. The van der Waals surface area contributed by atoms with Crippen LogP contribution in [0.3, 0.4) is 0 Å². The molecule has 0 unspecified atom stereocenters. The van der Waals surface area contributed by atoms with Gasteiger partial charge in [0.05, 0.1) is 10.6 Å². The van der Waals surface area contributed by atoms with Gasteiger partial charge in [-0.15, -0.1) is 11.3 Å². The Morgan fingerprint density at radius 2 is 2.18 bits per heavy atom. The summed E-state index contributed by atoms with van der Waals surface area (Å²) < 4.78 is 13.3. The molecule has 0 aliphatic carbocycles. The van der Waals surface area contributed by atoms with Crippen molar-refractivity contribution in [1.82, 2.24) is 10.6 Å². The van der Waals surface area contributed by atoms with E-state index in [1.807, 2.05) is 0 Å². The highest BCUT2D eigenvalue weighted by atomic mass is 32.1. The van der Waals surface area contributed by atoms with Gasteiger partial charge in [-0.1, -0.05) is 17.9 Å². The zero-order valence-electron chi connectivity index (χ0n) is 15.2. The predicted molar refractivity (Wildman–Crippen MR) is 108 cm³/mol. The minimum absolute atomic E-state index is 0.280. The van der Waals surface area contributed by atoms with Gasteiger partial charge >= 0.3 is 6.03 Å². The first-order valence-electron chi connectivity index (χ1n) is 8.98. The normalized spacial score (nSPS) is 16.0. The van der Waals surface area contributed by atoms with Gasteiger partial charge in [-0.05, 0) is 56.1 Å². The third-order valence-electron chi connectivity index (χ3n) is 4.30. The molecule has 8 heteroatoms. The van der Waals surface area contributed by atoms with Crippen LogP contribution < -0.4 is 21.7 Å². The van der Waals surface area contributed by atoms with Crippen molar-refractivity contribution in [3.8, 4) is 11.8 Å². The lowest BCUT2D eigenvalue weighted by Gasteiger charge is -2.22. The number of hydrogen-bond donors (Lipinski definition) is 4. The summed E-state index contributed by atoms with van der Waals surface area (Å²) in [5.41, 5.74) is 6.05. The molecule has 1 saturated heterocycles. The maximum Gasteiger partial charge on any atom is 0.316 e. The van der Waals surface area contributed by atoms with E-state index in [4.69, 9.17) is 5.73 Å². The molecule has 146 valence electrons. The number of benzene rings is 1. The number of urea groups is 1. The van der Waals surface area contributed by atoms with Gasteiger partial charge in [-0.3, -0.25) is 4.79 Å². The van der Waals surface area contributed by atoms with E-state index >= 15 is 0 Å². The van der Waals surface area contributed by atoms with Crippen molar-refractivity contribution < 1.29 is 14.0 Å². The molecule has 6 nitrogen and oxygen atoms in total. The Kier molecular flexibility index (Phi) is 6.63. The molecule has 28 heavy (non-hydrogen) atoms. The van der Waals surface area contributed by atoms with Crippen LogP contribution in [0.1, 0.15) is 33.0 Å². The number of hydrogen-bond acceptors (Lipinski definition) is 4. The Hall–Kier alpha value is -2.89. The van der Waals surface area contributed by atoms with Gasteiger partial charge in [0.1, 0.15) is 10.7 Å². The van der Waals surface area contributed by atoms with Crippen molar-refractivity contribution >= 4 is 29.0 Å². The molecule has 1 aliphatic rings. The van der Waals surface area contributed by atoms with Crippen molar-refractivity contribution in [3.63, 3.8) is 0 Å². The van der Waals surface area contributed by atoms with Crippen LogP contribution in [-0.2, 0) is 0 Å².